The standard InChI is InChI=1S/C23H28N2O4S2/c26-23(17-8-9-17)18-10-12-19(13-11-18)29-16-4-15-25-14-3-7-22(25)24-31(27,28)21-6-2-1-5-20(21)30/h1-2,6,10-13,17,22,24H,3-5,7-9,14-16H2. The van der Waals surface area contributed by atoms with Gasteiger partial charge in [-0.15, -0.1) is 0 Å². The minimum atomic E-state index is -3.62. The average molecular weight is 461 g/mol. The van der Waals surface area contributed by atoms with Crippen molar-refractivity contribution in [3.8, 4) is 5.75 Å². The van der Waals surface area contributed by atoms with E-state index in [1.54, 1.807) is 12.2 Å². The van der Waals surface area contributed by atoms with Crippen molar-refractivity contribution in [2.24, 2.45) is 5.92 Å². The molecule has 2 aliphatic carbocycles. The molecule has 0 aromatic heterocycles. The predicted octanol–water partition coefficient (Wildman–Crippen LogP) is 3.60. The molecule has 6 nitrogen and oxygen atoms in total. The van der Waals surface area contributed by atoms with E-state index in [1.165, 1.54) is 0 Å². The van der Waals surface area contributed by atoms with Gasteiger partial charge < -0.3 is 4.74 Å². The largest absolute Gasteiger partial charge is 0.494 e. The zero-order valence-electron chi connectivity index (χ0n) is 17.5. The van der Waals surface area contributed by atoms with Crippen molar-refractivity contribution in [3.05, 3.63) is 53.0 Å². The summed E-state index contributed by atoms with van der Waals surface area (Å²) in [5.41, 5.74) is 0.755. The number of carbonyl (C=O) groups is 1. The molecule has 1 aromatic rings. The van der Waals surface area contributed by atoms with Gasteiger partial charge in [0.1, 0.15) is 5.75 Å². The summed E-state index contributed by atoms with van der Waals surface area (Å²) in [4.78, 5) is 14.9. The molecule has 0 spiro atoms. The second-order valence-electron chi connectivity index (χ2n) is 8.27. The molecule has 1 heterocycles. The molecular formula is C23H28N2O4S2. The quantitative estimate of drug-likeness (QED) is 0.327. The molecular weight excluding hydrogens is 432 g/mol. The summed E-state index contributed by atoms with van der Waals surface area (Å²) < 4.78 is 34.2. The van der Waals surface area contributed by atoms with E-state index < -0.39 is 10.0 Å². The molecule has 0 bridgehead atoms. The first-order valence-corrected chi connectivity index (χ1v) is 12.8. The summed E-state index contributed by atoms with van der Waals surface area (Å²) in [6.45, 7) is 2.13. The fraction of sp³-hybridized carbons (Fsp3) is 0.478. The fourth-order valence-electron chi connectivity index (χ4n) is 3.99. The maximum atomic E-state index is 12.8. The van der Waals surface area contributed by atoms with Crippen LogP contribution in [0.2, 0.25) is 0 Å². The Hall–Kier alpha value is -1.87. The molecule has 3 aliphatic rings. The molecule has 0 amide bonds. The van der Waals surface area contributed by atoms with Crippen molar-refractivity contribution in [3.63, 3.8) is 0 Å². The SMILES string of the molecule is O=C(c1ccc(OCCCN2CCCC2NS(=O)(=O)C2=CC=CCC2=S)cc1)C1CC1. The maximum absolute atomic E-state index is 12.8. The van der Waals surface area contributed by atoms with Crippen LogP contribution in [0.5, 0.6) is 5.75 Å². The molecule has 166 valence electrons. The Bertz CT molecular complexity index is 995. The van der Waals surface area contributed by atoms with Gasteiger partial charge in [0.05, 0.1) is 17.7 Å². The van der Waals surface area contributed by atoms with Crippen molar-refractivity contribution in [2.75, 3.05) is 19.7 Å². The summed E-state index contributed by atoms with van der Waals surface area (Å²) >= 11 is 5.23. The number of nitrogens with zero attached hydrogens (tertiary/aromatic N) is 1. The van der Waals surface area contributed by atoms with Crippen molar-refractivity contribution < 1.29 is 17.9 Å². The van der Waals surface area contributed by atoms with E-state index in [0.717, 1.165) is 56.5 Å². The highest BCUT2D eigenvalue weighted by Gasteiger charge is 2.31. The second-order valence-corrected chi connectivity index (χ2v) is 10.4. The maximum Gasteiger partial charge on any atom is 0.243 e. The van der Waals surface area contributed by atoms with Gasteiger partial charge in [0.25, 0.3) is 0 Å². The lowest BCUT2D eigenvalue weighted by Crippen LogP contribution is -2.45. The number of nitrogens with one attached hydrogen (secondary N) is 1. The third kappa shape index (κ3) is 5.68. The Labute approximate surface area is 189 Å². The zero-order chi connectivity index (χ0) is 21.8. The van der Waals surface area contributed by atoms with E-state index in [2.05, 4.69) is 9.62 Å². The molecule has 1 unspecified atom stereocenters. The normalized spacial score (nSPS) is 21.9. The molecule has 0 radical (unpaired) electrons. The molecule has 31 heavy (non-hydrogen) atoms. The lowest BCUT2D eigenvalue weighted by Gasteiger charge is -2.26. The van der Waals surface area contributed by atoms with Crippen LogP contribution in [-0.2, 0) is 10.0 Å². The number of allylic oxidation sites excluding steroid dienone is 4. The number of likely N-dealkylation sites (tertiary alicyclic amines) is 1. The zero-order valence-corrected chi connectivity index (χ0v) is 19.1. The van der Waals surface area contributed by atoms with Crippen molar-refractivity contribution in [1.82, 2.24) is 9.62 Å². The number of ketones is 1. The van der Waals surface area contributed by atoms with E-state index in [4.69, 9.17) is 17.0 Å². The smallest absolute Gasteiger partial charge is 0.243 e. The Kier molecular flexibility index (Phi) is 7.01. The van der Waals surface area contributed by atoms with Gasteiger partial charge in [0, 0.05) is 29.3 Å². The molecule has 1 atom stereocenters. The lowest BCUT2D eigenvalue weighted by atomic mass is 10.1. The van der Waals surface area contributed by atoms with Crippen LogP contribution >= 0.6 is 12.2 Å². The highest BCUT2D eigenvalue weighted by atomic mass is 32.2. The van der Waals surface area contributed by atoms with Crippen LogP contribution in [0, 0.1) is 5.92 Å². The molecule has 1 aromatic carbocycles. The molecule has 4 rings (SSSR count). The lowest BCUT2D eigenvalue weighted by molar-refractivity contribution is 0.0967. The van der Waals surface area contributed by atoms with Crippen molar-refractivity contribution >= 4 is 32.9 Å². The molecule has 1 saturated heterocycles. The second kappa shape index (κ2) is 9.73. The summed E-state index contributed by atoms with van der Waals surface area (Å²) in [6.07, 6.45) is 9.98. The number of Topliss-reactive ketones (excluding diaryl/α,β-unsaturated/α-hetero) is 1. The third-order valence-electron chi connectivity index (χ3n) is 5.85. The minimum Gasteiger partial charge on any atom is -0.494 e. The summed E-state index contributed by atoms with van der Waals surface area (Å²) in [5.74, 6) is 1.20. The number of ether oxygens (including phenoxy) is 1. The molecule has 8 heteroatoms. The number of hydrogen-bond acceptors (Lipinski definition) is 6. The van der Waals surface area contributed by atoms with Crippen molar-refractivity contribution in [1.29, 1.82) is 0 Å². The van der Waals surface area contributed by atoms with Gasteiger partial charge >= 0.3 is 0 Å². The number of rotatable bonds is 10. The van der Waals surface area contributed by atoms with Gasteiger partial charge in [0.2, 0.25) is 10.0 Å². The van der Waals surface area contributed by atoms with Crippen LogP contribution in [-0.4, -0.2) is 49.8 Å². The number of hydrogen-bond donors (Lipinski definition) is 1. The Morgan fingerprint density at radius 1 is 1.19 bits per heavy atom. The summed E-state index contributed by atoms with van der Waals surface area (Å²) in [5, 5.41) is 0. The van der Waals surface area contributed by atoms with E-state index >= 15 is 0 Å². The molecule has 2 fully saturated rings. The van der Waals surface area contributed by atoms with Crippen molar-refractivity contribution in [2.45, 2.75) is 44.7 Å². The minimum absolute atomic E-state index is 0.212. The Balaban J connectivity index is 1.24. The Morgan fingerprint density at radius 3 is 2.68 bits per heavy atom. The van der Waals surface area contributed by atoms with Gasteiger partial charge in [-0.25, -0.2) is 8.42 Å². The topological polar surface area (TPSA) is 75.7 Å². The number of carbonyl (C=O) groups excluding carboxylic acids is 1. The van der Waals surface area contributed by atoms with Crippen LogP contribution in [0.3, 0.4) is 0 Å². The van der Waals surface area contributed by atoms with Crippen LogP contribution in [0.1, 0.15) is 48.9 Å². The van der Waals surface area contributed by atoms with Gasteiger partial charge in [-0.3, -0.25) is 9.69 Å². The van der Waals surface area contributed by atoms with E-state index in [0.29, 0.717) is 17.9 Å². The predicted molar refractivity (Wildman–Crippen MR) is 125 cm³/mol. The third-order valence-corrected chi connectivity index (χ3v) is 7.91. The average Bonchev–Trinajstić information content (AvgIpc) is 3.52. The number of sulfonamides is 1. The molecule has 1 saturated carbocycles. The highest BCUT2D eigenvalue weighted by molar-refractivity contribution is 7.96. The number of benzene rings is 1. The van der Waals surface area contributed by atoms with Crippen LogP contribution < -0.4 is 9.46 Å². The van der Waals surface area contributed by atoms with Gasteiger partial charge in [-0.1, -0.05) is 24.4 Å². The summed E-state index contributed by atoms with van der Waals surface area (Å²) in [7, 11) is -3.62. The first-order chi connectivity index (χ1) is 14.9. The van der Waals surface area contributed by atoms with E-state index in [9.17, 15) is 13.2 Å². The first kappa shape index (κ1) is 22.3. The van der Waals surface area contributed by atoms with Gasteiger partial charge in [-0.2, -0.15) is 4.72 Å². The van der Waals surface area contributed by atoms with Crippen LogP contribution in [0.25, 0.3) is 0 Å². The monoisotopic (exact) mass is 460 g/mol. The van der Waals surface area contributed by atoms with Gasteiger partial charge in [-0.05, 0) is 69.0 Å². The van der Waals surface area contributed by atoms with Crippen LogP contribution in [0.4, 0.5) is 0 Å². The van der Waals surface area contributed by atoms with Crippen LogP contribution in [0.15, 0.2) is 47.4 Å². The summed E-state index contributed by atoms with van der Waals surface area (Å²) in [6, 6.07) is 7.36. The van der Waals surface area contributed by atoms with Gasteiger partial charge in [0.15, 0.2) is 5.78 Å². The molecule has 1 N–H and O–H groups in total. The Morgan fingerprint density at radius 2 is 1.97 bits per heavy atom. The van der Waals surface area contributed by atoms with E-state index in [1.807, 2.05) is 30.3 Å². The van der Waals surface area contributed by atoms with E-state index in [-0.39, 0.29) is 22.8 Å². The fourth-order valence-corrected chi connectivity index (χ4v) is 5.87. The molecule has 1 aliphatic heterocycles. The first-order valence-electron chi connectivity index (χ1n) is 10.9. The number of thiocarbonyl (C=S) groups is 1. The highest BCUT2D eigenvalue weighted by Crippen LogP contribution is 2.33.